The molecule has 0 atom stereocenters. The molecule has 4 nitrogen and oxygen atoms in total. The summed E-state index contributed by atoms with van der Waals surface area (Å²) in [6.07, 6.45) is 0. The number of nitrogens with one attached hydrogen (secondary N) is 1. The predicted octanol–water partition coefficient (Wildman–Crippen LogP) is 7.38. The van der Waals surface area contributed by atoms with Gasteiger partial charge in [-0.3, -0.25) is 9.59 Å². The van der Waals surface area contributed by atoms with Crippen molar-refractivity contribution in [1.29, 1.82) is 0 Å². The van der Waals surface area contributed by atoms with E-state index in [-0.39, 0.29) is 11.7 Å². The molecule has 0 aliphatic heterocycles. The van der Waals surface area contributed by atoms with Crippen molar-refractivity contribution in [2.24, 2.45) is 0 Å². The fraction of sp³-hybridized carbons (Fsp3) is 0. The van der Waals surface area contributed by atoms with Crippen molar-refractivity contribution in [1.82, 2.24) is 0 Å². The Hall–Kier alpha value is -3.41. The molecule has 0 spiro atoms. The molecule has 0 fully saturated rings. The van der Waals surface area contributed by atoms with Gasteiger partial charge in [0.15, 0.2) is 5.78 Å². The molecular formula is C26H17BrClNO3. The van der Waals surface area contributed by atoms with Crippen LogP contribution in [0.25, 0.3) is 0 Å². The molecule has 4 aromatic carbocycles. The zero-order valence-electron chi connectivity index (χ0n) is 16.7. The minimum absolute atomic E-state index is 0.284. The molecule has 0 bridgehead atoms. The average Bonchev–Trinajstić information content (AvgIpc) is 2.81. The Morgan fingerprint density at radius 1 is 0.750 bits per heavy atom. The standard InChI is InChI=1S/C26H17BrClNO3/c27-18-13-14-24(22(16-18)25(30)21-11-4-5-12-23(21)28)29-26(31)17-7-6-10-20(15-17)32-19-8-2-1-3-9-19/h1-16H,(H,29,31). The molecule has 6 heteroatoms. The quantitative estimate of drug-likeness (QED) is 0.278. The van der Waals surface area contributed by atoms with E-state index in [1.165, 1.54) is 0 Å². The third-order valence-electron chi connectivity index (χ3n) is 4.67. The van der Waals surface area contributed by atoms with E-state index >= 15 is 0 Å². The highest BCUT2D eigenvalue weighted by Crippen LogP contribution is 2.28. The van der Waals surface area contributed by atoms with Gasteiger partial charge < -0.3 is 10.1 Å². The molecule has 1 N–H and O–H groups in total. The van der Waals surface area contributed by atoms with Crippen molar-refractivity contribution in [3.05, 3.63) is 123 Å². The van der Waals surface area contributed by atoms with Crippen LogP contribution >= 0.6 is 27.5 Å². The van der Waals surface area contributed by atoms with Gasteiger partial charge in [-0.2, -0.15) is 0 Å². The largest absolute Gasteiger partial charge is 0.457 e. The smallest absolute Gasteiger partial charge is 0.255 e. The molecule has 0 aliphatic carbocycles. The van der Waals surface area contributed by atoms with E-state index < -0.39 is 0 Å². The lowest BCUT2D eigenvalue weighted by Crippen LogP contribution is -2.15. The first kappa shape index (κ1) is 21.8. The Bertz CT molecular complexity index is 1290. The average molecular weight is 507 g/mol. The molecule has 4 aromatic rings. The zero-order chi connectivity index (χ0) is 22.5. The summed E-state index contributed by atoms with van der Waals surface area (Å²) in [5.74, 6) is 0.560. The van der Waals surface area contributed by atoms with Crippen LogP contribution in [0.4, 0.5) is 5.69 Å². The maximum atomic E-state index is 13.1. The lowest BCUT2D eigenvalue weighted by molar-refractivity contribution is 0.102. The molecule has 0 saturated heterocycles. The van der Waals surface area contributed by atoms with Crippen molar-refractivity contribution < 1.29 is 14.3 Å². The van der Waals surface area contributed by atoms with Gasteiger partial charge in [-0.15, -0.1) is 0 Å². The molecule has 0 unspecified atom stereocenters. The summed E-state index contributed by atoms with van der Waals surface area (Å²) in [6.45, 7) is 0. The van der Waals surface area contributed by atoms with Gasteiger partial charge in [-0.05, 0) is 60.7 Å². The summed E-state index contributed by atoms with van der Waals surface area (Å²) in [5, 5.41) is 3.18. The number of carbonyl (C=O) groups excluding carboxylic acids is 2. The zero-order valence-corrected chi connectivity index (χ0v) is 19.1. The van der Waals surface area contributed by atoms with Crippen molar-refractivity contribution in [2.45, 2.75) is 0 Å². The molecular weight excluding hydrogens is 490 g/mol. The van der Waals surface area contributed by atoms with Crippen molar-refractivity contribution in [3.63, 3.8) is 0 Å². The highest BCUT2D eigenvalue weighted by molar-refractivity contribution is 9.10. The maximum absolute atomic E-state index is 13.1. The fourth-order valence-corrected chi connectivity index (χ4v) is 3.71. The number of ketones is 1. The van der Waals surface area contributed by atoms with Crippen LogP contribution in [0.3, 0.4) is 0 Å². The third-order valence-corrected chi connectivity index (χ3v) is 5.49. The number of halogens is 2. The number of para-hydroxylation sites is 1. The minimum Gasteiger partial charge on any atom is -0.457 e. The van der Waals surface area contributed by atoms with E-state index in [4.69, 9.17) is 16.3 Å². The summed E-state index contributed by atoms with van der Waals surface area (Å²) < 4.78 is 6.53. The highest BCUT2D eigenvalue weighted by atomic mass is 79.9. The number of amides is 1. The highest BCUT2D eigenvalue weighted by Gasteiger charge is 2.19. The topological polar surface area (TPSA) is 55.4 Å². The van der Waals surface area contributed by atoms with Crippen LogP contribution in [-0.4, -0.2) is 11.7 Å². The Balaban J connectivity index is 1.60. The van der Waals surface area contributed by atoms with Gasteiger partial charge in [0.1, 0.15) is 11.5 Å². The summed E-state index contributed by atoms with van der Waals surface area (Å²) >= 11 is 9.61. The maximum Gasteiger partial charge on any atom is 0.255 e. The van der Waals surface area contributed by atoms with E-state index in [9.17, 15) is 9.59 Å². The summed E-state index contributed by atoms with van der Waals surface area (Å²) in [6, 6.07) is 28.1. The van der Waals surface area contributed by atoms with Crippen molar-refractivity contribution >= 4 is 44.9 Å². The molecule has 158 valence electrons. The second-order valence-electron chi connectivity index (χ2n) is 6.90. The number of rotatable bonds is 6. The van der Waals surface area contributed by atoms with Gasteiger partial charge in [-0.1, -0.05) is 63.9 Å². The van der Waals surface area contributed by atoms with Crippen LogP contribution in [0.1, 0.15) is 26.3 Å². The van der Waals surface area contributed by atoms with E-state index in [0.717, 1.165) is 0 Å². The SMILES string of the molecule is O=C(Nc1ccc(Br)cc1C(=O)c1ccccc1Cl)c1cccc(Oc2ccccc2)c1. The Morgan fingerprint density at radius 2 is 1.47 bits per heavy atom. The number of anilines is 1. The summed E-state index contributed by atoms with van der Waals surface area (Å²) in [7, 11) is 0. The molecule has 32 heavy (non-hydrogen) atoms. The first-order valence-corrected chi connectivity index (χ1v) is 10.9. The molecule has 0 aliphatic rings. The lowest BCUT2D eigenvalue weighted by atomic mass is 10.0. The summed E-state index contributed by atoms with van der Waals surface area (Å²) in [4.78, 5) is 26.1. The molecule has 0 heterocycles. The van der Waals surface area contributed by atoms with E-state index in [1.807, 2.05) is 30.3 Å². The Labute approximate surface area is 198 Å². The Morgan fingerprint density at radius 3 is 2.25 bits per heavy atom. The van der Waals surface area contributed by atoms with Gasteiger partial charge in [0.25, 0.3) is 5.91 Å². The van der Waals surface area contributed by atoms with Crippen LogP contribution in [-0.2, 0) is 0 Å². The van der Waals surface area contributed by atoms with Gasteiger partial charge in [0.2, 0.25) is 0 Å². The van der Waals surface area contributed by atoms with Gasteiger partial charge >= 0.3 is 0 Å². The van der Waals surface area contributed by atoms with E-state index in [0.29, 0.717) is 43.4 Å². The minimum atomic E-state index is -0.362. The molecule has 0 aromatic heterocycles. The van der Waals surface area contributed by atoms with Crippen LogP contribution in [0.2, 0.25) is 5.02 Å². The number of hydrogen-bond donors (Lipinski definition) is 1. The normalized spacial score (nSPS) is 10.4. The summed E-state index contributed by atoms with van der Waals surface area (Å²) in [5.41, 5.74) is 1.48. The van der Waals surface area contributed by atoms with Gasteiger partial charge in [0.05, 0.1) is 10.7 Å². The number of hydrogen-bond acceptors (Lipinski definition) is 3. The van der Waals surface area contributed by atoms with E-state index in [1.54, 1.807) is 66.7 Å². The molecule has 0 saturated carbocycles. The monoisotopic (exact) mass is 505 g/mol. The van der Waals surface area contributed by atoms with Crippen molar-refractivity contribution in [3.8, 4) is 11.5 Å². The molecule has 1 amide bonds. The molecule has 0 radical (unpaired) electrons. The predicted molar refractivity (Wildman–Crippen MR) is 130 cm³/mol. The third kappa shape index (κ3) is 5.07. The first-order valence-electron chi connectivity index (χ1n) is 9.74. The van der Waals surface area contributed by atoms with Crippen LogP contribution in [0.5, 0.6) is 11.5 Å². The fourth-order valence-electron chi connectivity index (χ4n) is 3.12. The second-order valence-corrected chi connectivity index (χ2v) is 8.22. The second kappa shape index (κ2) is 9.81. The van der Waals surface area contributed by atoms with Crippen molar-refractivity contribution in [2.75, 3.05) is 5.32 Å². The first-order chi connectivity index (χ1) is 15.5. The van der Waals surface area contributed by atoms with Gasteiger partial charge in [-0.25, -0.2) is 0 Å². The Kier molecular flexibility index (Phi) is 6.69. The van der Waals surface area contributed by atoms with Crippen LogP contribution < -0.4 is 10.1 Å². The number of benzene rings is 4. The van der Waals surface area contributed by atoms with Gasteiger partial charge in [0, 0.05) is 21.2 Å². The number of ether oxygens (including phenoxy) is 1. The molecule has 4 rings (SSSR count). The van der Waals surface area contributed by atoms with E-state index in [2.05, 4.69) is 21.2 Å². The number of carbonyl (C=O) groups is 2. The van der Waals surface area contributed by atoms with Crippen LogP contribution in [0, 0.1) is 0 Å². The van der Waals surface area contributed by atoms with Crippen LogP contribution in [0.15, 0.2) is 102 Å². The lowest BCUT2D eigenvalue weighted by Gasteiger charge is -2.13.